The summed E-state index contributed by atoms with van der Waals surface area (Å²) in [5, 5.41) is 0. The zero-order valence-corrected chi connectivity index (χ0v) is 23.7. The quantitative estimate of drug-likeness (QED) is 0.110. The van der Waals surface area contributed by atoms with Crippen molar-refractivity contribution in [1.82, 2.24) is 0 Å². The molecule has 0 N–H and O–H groups in total. The SMILES string of the molecule is C=CCCCOc1ccc(-c2ccc(CCc3ccc(C4=CCC(OCCCC)CC4)c(F)c3F)cc2)c(F)c1F. The molecule has 2 nitrogen and oxygen atoms in total. The van der Waals surface area contributed by atoms with Gasteiger partial charge in [0, 0.05) is 17.7 Å². The number of halogens is 4. The summed E-state index contributed by atoms with van der Waals surface area (Å²) in [6.07, 6.45) is 10.3. The van der Waals surface area contributed by atoms with Crippen LogP contribution in [0, 0.1) is 23.3 Å². The predicted octanol–water partition coefficient (Wildman–Crippen LogP) is 9.79. The number of ether oxygens (including phenoxy) is 2. The van der Waals surface area contributed by atoms with Gasteiger partial charge in [0.1, 0.15) is 0 Å². The van der Waals surface area contributed by atoms with Crippen LogP contribution in [0.5, 0.6) is 5.75 Å². The molecule has 1 unspecified atom stereocenters. The van der Waals surface area contributed by atoms with Crippen molar-refractivity contribution in [3.8, 4) is 16.9 Å². The minimum Gasteiger partial charge on any atom is -0.490 e. The normalized spacial score (nSPS) is 15.0. The Hall–Kier alpha value is -3.38. The van der Waals surface area contributed by atoms with Gasteiger partial charge in [0.25, 0.3) is 0 Å². The van der Waals surface area contributed by atoms with Crippen LogP contribution in [0.4, 0.5) is 17.6 Å². The van der Waals surface area contributed by atoms with E-state index in [1.54, 1.807) is 42.5 Å². The van der Waals surface area contributed by atoms with Gasteiger partial charge < -0.3 is 9.47 Å². The summed E-state index contributed by atoms with van der Waals surface area (Å²) in [5.74, 6) is -3.72. The highest BCUT2D eigenvalue weighted by atomic mass is 19.2. The highest BCUT2D eigenvalue weighted by Crippen LogP contribution is 2.33. The zero-order valence-electron chi connectivity index (χ0n) is 23.7. The molecule has 3 aromatic rings. The van der Waals surface area contributed by atoms with E-state index in [-0.39, 0.29) is 24.0 Å². The zero-order chi connectivity index (χ0) is 29.2. The molecule has 6 heteroatoms. The van der Waals surface area contributed by atoms with Crippen molar-refractivity contribution < 1.29 is 27.0 Å². The molecular formula is C35H38F4O2. The van der Waals surface area contributed by atoms with Gasteiger partial charge in [0.2, 0.25) is 5.82 Å². The second-order valence-electron chi connectivity index (χ2n) is 10.5. The number of benzene rings is 3. The third-order valence-electron chi connectivity index (χ3n) is 7.53. The molecule has 218 valence electrons. The molecule has 0 amide bonds. The van der Waals surface area contributed by atoms with E-state index in [0.717, 1.165) is 43.4 Å². The van der Waals surface area contributed by atoms with Crippen LogP contribution >= 0.6 is 0 Å². The van der Waals surface area contributed by atoms with Crippen molar-refractivity contribution in [2.24, 2.45) is 0 Å². The highest BCUT2D eigenvalue weighted by Gasteiger charge is 2.21. The molecular weight excluding hydrogens is 528 g/mol. The Morgan fingerprint density at radius 2 is 1.59 bits per heavy atom. The Bertz CT molecular complexity index is 1350. The molecule has 0 fully saturated rings. The number of rotatable bonds is 14. The van der Waals surface area contributed by atoms with Gasteiger partial charge in [-0.25, -0.2) is 13.2 Å². The van der Waals surface area contributed by atoms with Crippen LogP contribution in [-0.2, 0) is 17.6 Å². The van der Waals surface area contributed by atoms with Crippen molar-refractivity contribution in [3.63, 3.8) is 0 Å². The number of allylic oxidation sites excluding steroid dienone is 2. The number of hydrogen-bond donors (Lipinski definition) is 0. The first-order valence-corrected chi connectivity index (χ1v) is 14.5. The average Bonchev–Trinajstić information content (AvgIpc) is 2.99. The first kappa shape index (κ1) is 30.6. The molecule has 0 heterocycles. The standard InChI is InChI=1S/C35H38F4O2/c1-3-5-7-23-41-31-21-20-30(34(38)35(31)39)25-11-8-24(9-12-25)10-13-27-16-19-29(33(37)32(27)36)26-14-17-28(18-15-26)40-22-6-4-2/h3,8-9,11-12,14,16,19-21,28H,1,4-7,10,13,15,17-18,22-23H2,2H3. The van der Waals surface area contributed by atoms with Gasteiger partial charge in [-0.15, -0.1) is 6.58 Å². The molecule has 1 atom stereocenters. The monoisotopic (exact) mass is 566 g/mol. The maximum atomic E-state index is 15.0. The number of aryl methyl sites for hydroxylation is 2. The van der Waals surface area contributed by atoms with E-state index >= 15 is 4.39 Å². The summed E-state index contributed by atoms with van der Waals surface area (Å²) < 4.78 is 70.6. The summed E-state index contributed by atoms with van der Waals surface area (Å²) in [5.41, 5.74) is 2.99. The van der Waals surface area contributed by atoms with Gasteiger partial charge in [0.15, 0.2) is 23.2 Å². The smallest absolute Gasteiger partial charge is 0.201 e. The summed E-state index contributed by atoms with van der Waals surface area (Å²) in [4.78, 5) is 0. The Morgan fingerprint density at radius 1 is 0.829 bits per heavy atom. The van der Waals surface area contributed by atoms with Crippen LogP contribution in [-0.4, -0.2) is 19.3 Å². The second-order valence-corrected chi connectivity index (χ2v) is 10.5. The minimum absolute atomic E-state index is 0.118. The van der Waals surface area contributed by atoms with E-state index in [1.807, 2.05) is 6.08 Å². The van der Waals surface area contributed by atoms with Gasteiger partial charge in [-0.05, 0) is 85.8 Å². The van der Waals surface area contributed by atoms with Gasteiger partial charge >= 0.3 is 0 Å². The lowest BCUT2D eigenvalue weighted by atomic mass is 9.90. The third kappa shape index (κ3) is 7.88. The molecule has 0 radical (unpaired) electrons. The molecule has 1 aliphatic carbocycles. The molecule has 3 aromatic carbocycles. The highest BCUT2D eigenvalue weighted by molar-refractivity contribution is 5.67. The fourth-order valence-corrected chi connectivity index (χ4v) is 5.04. The maximum absolute atomic E-state index is 15.0. The van der Waals surface area contributed by atoms with Crippen molar-refractivity contribution >= 4 is 5.57 Å². The molecule has 0 saturated heterocycles. The summed E-state index contributed by atoms with van der Waals surface area (Å²) in [6, 6.07) is 13.2. The molecule has 0 aliphatic heterocycles. The summed E-state index contributed by atoms with van der Waals surface area (Å²) in [7, 11) is 0. The molecule has 1 aliphatic rings. The van der Waals surface area contributed by atoms with Gasteiger partial charge in [-0.2, -0.15) is 4.39 Å². The van der Waals surface area contributed by atoms with Crippen molar-refractivity contribution in [2.45, 2.75) is 70.8 Å². The number of unbranched alkanes of at least 4 members (excludes halogenated alkanes) is 2. The maximum Gasteiger partial charge on any atom is 0.201 e. The summed E-state index contributed by atoms with van der Waals surface area (Å²) in [6.45, 7) is 6.76. The van der Waals surface area contributed by atoms with Crippen LogP contribution in [0.25, 0.3) is 16.7 Å². The third-order valence-corrected chi connectivity index (χ3v) is 7.53. The van der Waals surface area contributed by atoms with Crippen LogP contribution in [0.2, 0.25) is 0 Å². The molecule has 41 heavy (non-hydrogen) atoms. The number of hydrogen-bond acceptors (Lipinski definition) is 2. The van der Waals surface area contributed by atoms with Gasteiger partial charge in [-0.1, -0.05) is 61.9 Å². The van der Waals surface area contributed by atoms with Gasteiger partial charge in [0.05, 0.1) is 12.7 Å². The lowest BCUT2D eigenvalue weighted by molar-refractivity contribution is 0.0466. The van der Waals surface area contributed by atoms with Gasteiger partial charge in [-0.3, -0.25) is 0 Å². The molecule has 4 rings (SSSR count). The molecule has 0 aromatic heterocycles. The van der Waals surface area contributed by atoms with Crippen LogP contribution in [0.1, 0.15) is 68.6 Å². The van der Waals surface area contributed by atoms with E-state index in [2.05, 4.69) is 13.5 Å². The summed E-state index contributed by atoms with van der Waals surface area (Å²) >= 11 is 0. The van der Waals surface area contributed by atoms with E-state index < -0.39 is 23.3 Å². The second kappa shape index (κ2) is 15.0. The van der Waals surface area contributed by atoms with Crippen LogP contribution < -0.4 is 4.74 Å². The Kier molecular flexibility index (Phi) is 11.2. The van der Waals surface area contributed by atoms with Crippen molar-refractivity contribution in [3.05, 3.63) is 107 Å². The lowest BCUT2D eigenvalue weighted by Gasteiger charge is -2.23. The van der Waals surface area contributed by atoms with Crippen LogP contribution in [0.3, 0.4) is 0 Å². The Morgan fingerprint density at radius 3 is 2.29 bits per heavy atom. The molecule has 0 saturated carbocycles. The lowest BCUT2D eigenvalue weighted by Crippen LogP contribution is -2.16. The largest absolute Gasteiger partial charge is 0.490 e. The topological polar surface area (TPSA) is 18.5 Å². The average molecular weight is 567 g/mol. The fourth-order valence-electron chi connectivity index (χ4n) is 5.04. The Balaban J connectivity index is 1.36. The van der Waals surface area contributed by atoms with Crippen molar-refractivity contribution in [1.29, 1.82) is 0 Å². The minimum atomic E-state index is -1.02. The molecule has 0 spiro atoms. The predicted molar refractivity (Wildman–Crippen MR) is 157 cm³/mol. The fraction of sp³-hybridized carbons (Fsp3) is 0.371. The van der Waals surface area contributed by atoms with E-state index in [9.17, 15) is 13.2 Å². The van der Waals surface area contributed by atoms with Crippen molar-refractivity contribution in [2.75, 3.05) is 13.2 Å². The Labute approximate surface area is 240 Å². The first-order valence-electron chi connectivity index (χ1n) is 14.5. The molecule has 0 bridgehead atoms. The van der Waals surface area contributed by atoms with E-state index in [1.165, 1.54) is 12.1 Å². The van der Waals surface area contributed by atoms with E-state index in [4.69, 9.17) is 9.47 Å². The van der Waals surface area contributed by atoms with E-state index in [0.29, 0.717) is 48.8 Å². The first-order chi connectivity index (χ1) is 19.9. The van der Waals surface area contributed by atoms with Crippen LogP contribution in [0.15, 0.2) is 67.3 Å².